The molecule has 2 aromatic heterocycles. The van der Waals surface area contributed by atoms with Crippen LogP contribution in [0.25, 0.3) is 10.4 Å². The summed E-state index contributed by atoms with van der Waals surface area (Å²) >= 11 is 5.00. The molecule has 0 radical (unpaired) electrons. The average Bonchev–Trinajstić information content (AvgIpc) is 2.67. The molecule has 4 nitrogen and oxygen atoms in total. The first kappa shape index (κ1) is 10.1. The van der Waals surface area contributed by atoms with Gasteiger partial charge in [0.25, 0.3) is 0 Å². The highest BCUT2D eigenvalue weighted by molar-refractivity contribution is 9.11. The van der Waals surface area contributed by atoms with Crippen molar-refractivity contribution in [2.45, 2.75) is 0 Å². The van der Waals surface area contributed by atoms with Gasteiger partial charge in [-0.15, -0.1) is 11.3 Å². The lowest BCUT2D eigenvalue weighted by molar-refractivity contribution is 1.17. The Morgan fingerprint density at radius 1 is 1.33 bits per heavy atom. The molecule has 0 aliphatic rings. The Kier molecular flexibility index (Phi) is 2.94. The van der Waals surface area contributed by atoms with Crippen molar-refractivity contribution in [3.05, 3.63) is 28.3 Å². The number of anilines is 1. The summed E-state index contributed by atoms with van der Waals surface area (Å²) in [5.41, 5.74) is 0.939. The molecule has 0 atom stereocenters. The summed E-state index contributed by atoms with van der Waals surface area (Å²) in [5, 5.41) is 10.7. The second kappa shape index (κ2) is 4.38. The number of hydrogen-bond acceptors (Lipinski definition) is 5. The lowest BCUT2D eigenvalue weighted by Gasteiger charge is -1.97. The minimum atomic E-state index is 0.317. The number of nitriles is 1. The fourth-order valence-corrected chi connectivity index (χ4v) is 2.40. The van der Waals surface area contributed by atoms with Crippen LogP contribution < -0.4 is 5.32 Å². The maximum atomic E-state index is 8.36. The third-order valence-corrected chi connectivity index (χ3v) is 3.35. The minimum absolute atomic E-state index is 0.317. The molecule has 1 N–H and O–H groups in total. The van der Waals surface area contributed by atoms with Gasteiger partial charge in [-0.3, -0.25) is 5.32 Å². The topological polar surface area (TPSA) is 61.6 Å². The summed E-state index contributed by atoms with van der Waals surface area (Å²) in [7, 11) is 0. The first-order valence-corrected chi connectivity index (χ1v) is 5.63. The van der Waals surface area contributed by atoms with E-state index < -0.39 is 0 Å². The van der Waals surface area contributed by atoms with Gasteiger partial charge in [0, 0.05) is 22.8 Å². The summed E-state index contributed by atoms with van der Waals surface area (Å²) < 4.78 is 1.07. The third-order valence-electron chi connectivity index (χ3n) is 1.68. The fraction of sp³-hybridized carbons (Fsp3) is 0. The zero-order chi connectivity index (χ0) is 10.7. The summed E-state index contributed by atoms with van der Waals surface area (Å²) in [6.07, 6.45) is 5.14. The monoisotopic (exact) mass is 280 g/mol. The van der Waals surface area contributed by atoms with Crippen LogP contribution in [0.5, 0.6) is 0 Å². The molecule has 0 spiro atoms. The normalized spacial score (nSPS) is 9.60. The third kappa shape index (κ3) is 2.32. The SMILES string of the molecule is N#CNc1ncc(-c2ccc(Br)s2)cn1. The zero-order valence-corrected chi connectivity index (χ0v) is 9.84. The standard InChI is InChI=1S/C9H5BrN4S/c10-8-2-1-7(15-8)6-3-12-9(13-4-6)14-5-11/h1-4H,(H,12,13,14). The molecule has 0 aromatic carbocycles. The second-order valence-corrected chi connectivity index (χ2v) is 5.10. The van der Waals surface area contributed by atoms with Crippen molar-refractivity contribution in [2.75, 3.05) is 5.32 Å². The number of nitrogens with zero attached hydrogens (tertiary/aromatic N) is 3. The Hall–Kier alpha value is -1.45. The summed E-state index contributed by atoms with van der Waals surface area (Å²) in [6, 6.07) is 3.96. The fourth-order valence-electron chi connectivity index (χ4n) is 1.04. The van der Waals surface area contributed by atoms with Crippen molar-refractivity contribution in [2.24, 2.45) is 0 Å². The van der Waals surface area contributed by atoms with Crippen molar-refractivity contribution >= 4 is 33.2 Å². The van der Waals surface area contributed by atoms with E-state index in [0.29, 0.717) is 5.95 Å². The number of halogens is 1. The van der Waals surface area contributed by atoms with Gasteiger partial charge in [-0.05, 0) is 28.1 Å². The van der Waals surface area contributed by atoms with E-state index in [-0.39, 0.29) is 0 Å². The van der Waals surface area contributed by atoms with Crippen LogP contribution in [-0.4, -0.2) is 9.97 Å². The van der Waals surface area contributed by atoms with Crippen LogP contribution in [0.2, 0.25) is 0 Å². The molecule has 0 fully saturated rings. The van der Waals surface area contributed by atoms with Crippen LogP contribution in [0, 0.1) is 11.5 Å². The molecule has 0 aliphatic carbocycles. The van der Waals surface area contributed by atoms with E-state index in [1.165, 1.54) is 0 Å². The van der Waals surface area contributed by atoms with E-state index in [9.17, 15) is 0 Å². The van der Waals surface area contributed by atoms with Crippen LogP contribution >= 0.6 is 27.3 Å². The van der Waals surface area contributed by atoms with Crippen LogP contribution in [0.15, 0.2) is 28.3 Å². The first-order valence-electron chi connectivity index (χ1n) is 4.02. The molecule has 0 amide bonds. The quantitative estimate of drug-likeness (QED) is 0.679. The highest BCUT2D eigenvalue weighted by Gasteiger charge is 2.02. The number of aromatic nitrogens is 2. The van der Waals surface area contributed by atoms with Crippen molar-refractivity contribution in [1.29, 1.82) is 5.26 Å². The van der Waals surface area contributed by atoms with E-state index in [0.717, 1.165) is 14.2 Å². The van der Waals surface area contributed by atoms with Crippen LogP contribution in [-0.2, 0) is 0 Å². The molecule has 0 bridgehead atoms. The Bertz CT molecular complexity index is 500. The Labute approximate surface area is 98.7 Å². The van der Waals surface area contributed by atoms with E-state index in [1.54, 1.807) is 29.9 Å². The maximum Gasteiger partial charge on any atom is 0.236 e. The Morgan fingerprint density at radius 3 is 2.60 bits per heavy atom. The summed E-state index contributed by atoms with van der Waals surface area (Å²) in [6.45, 7) is 0. The largest absolute Gasteiger partial charge is 0.261 e. The van der Waals surface area contributed by atoms with Crippen molar-refractivity contribution in [1.82, 2.24) is 9.97 Å². The number of rotatable bonds is 2. The van der Waals surface area contributed by atoms with E-state index in [1.807, 2.05) is 12.1 Å². The molecule has 0 saturated heterocycles. The Balaban J connectivity index is 2.28. The zero-order valence-electron chi connectivity index (χ0n) is 7.44. The first-order chi connectivity index (χ1) is 7.29. The van der Waals surface area contributed by atoms with Crippen LogP contribution in [0.4, 0.5) is 5.95 Å². The van der Waals surface area contributed by atoms with Crippen LogP contribution in [0.3, 0.4) is 0 Å². The van der Waals surface area contributed by atoms with Crippen molar-refractivity contribution in [3.63, 3.8) is 0 Å². The predicted molar refractivity (Wildman–Crippen MR) is 62.3 cm³/mol. The molecule has 2 aromatic rings. The smallest absolute Gasteiger partial charge is 0.236 e. The molecule has 6 heteroatoms. The van der Waals surface area contributed by atoms with E-state index >= 15 is 0 Å². The molecule has 0 aliphatic heterocycles. The number of nitrogens with one attached hydrogen (secondary N) is 1. The van der Waals surface area contributed by atoms with Gasteiger partial charge in [-0.2, -0.15) is 5.26 Å². The van der Waals surface area contributed by atoms with Crippen molar-refractivity contribution < 1.29 is 0 Å². The lowest BCUT2D eigenvalue weighted by atomic mass is 10.3. The molecular formula is C9H5BrN4S. The van der Waals surface area contributed by atoms with E-state index in [4.69, 9.17) is 5.26 Å². The van der Waals surface area contributed by atoms with Gasteiger partial charge in [0.15, 0.2) is 6.19 Å². The molecule has 2 rings (SSSR count). The maximum absolute atomic E-state index is 8.36. The second-order valence-electron chi connectivity index (χ2n) is 2.64. The molecule has 0 unspecified atom stereocenters. The lowest BCUT2D eigenvalue weighted by Crippen LogP contribution is -1.94. The molecule has 15 heavy (non-hydrogen) atoms. The number of thiophene rings is 1. The summed E-state index contributed by atoms with van der Waals surface area (Å²) in [5.74, 6) is 0.317. The van der Waals surface area contributed by atoms with Gasteiger partial charge < -0.3 is 0 Å². The van der Waals surface area contributed by atoms with Gasteiger partial charge in [0.2, 0.25) is 5.95 Å². The molecule has 2 heterocycles. The van der Waals surface area contributed by atoms with Gasteiger partial charge in [0.1, 0.15) is 0 Å². The summed E-state index contributed by atoms with van der Waals surface area (Å²) in [4.78, 5) is 9.09. The average molecular weight is 281 g/mol. The predicted octanol–water partition coefficient (Wildman–Crippen LogP) is 2.86. The highest BCUT2D eigenvalue weighted by atomic mass is 79.9. The Morgan fingerprint density at radius 2 is 2.07 bits per heavy atom. The van der Waals surface area contributed by atoms with Gasteiger partial charge in [0.05, 0.1) is 3.79 Å². The van der Waals surface area contributed by atoms with Gasteiger partial charge in [-0.25, -0.2) is 9.97 Å². The van der Waals surface area contributed by atoms with E-state index in [2.05, 4.69) is 31.2 Å². The molecule has 74 valence electrons. The van der Waals surface area contributed by atoms with Crippen LogP contribution in [0.1, 0.15) is 0 Å². The van der Waals surface area contributed by atoms with Gasteiger partial charge in [-0.1, -0.05) is 0 Å². The minimum Gasteiger partial charge on any atom is -0.261 e. The van der Waals surface area contributed by atoms with Gasteiger partial charge >= 0.3 is 0 Å². The number of hydrogen-bond donors (Lipinski definition) is 1. The highest BCUT2D eigenvalue weighted by Crippen LogP contribution is 2.30. The van der Waals surface area contributed by atoms with Crippen molar-refractivity contribution in [3.8, 4) is 16.6 Å². The molecular weight excluding hydrogens is 276 g/mol. The molecule has 0 saturated carbocycles.